The lowest BCUT2D eigenvalue weighted by Gasteiger charge is -2.29. The molecule has 1 amide bonds. The molecule has 0 radical (unpaired) electrons. The van der Waals surface area contributed by atoms with Gasteiger partial charge in [-0.25, -0.2) is 0 Å². The highest BCUT2D eigenvalue weighted by molar-refractivity contribution is 5.94. The Morgan fingerprint density at radius 2 is 2.00 bits per heavy atom. The zero-order valence-corrected chi connectivity index (χ0v) is 17.0. The van der Waals surface area contributed by atoms with Crippen LogP contribution in [0.25, 0.3) is 0 Å². The van der Waals surface area contributed by atoms with Gasteiger partial charge < -0.3 is 14.4 Å². The van der Waals surface area contributed by atoms with Crippen molar-refractivity contribution in [3.63, 3.8) is 0 Å². The SMILES string of the molecule is COc1ccc([C@@H]2CCCN2CC(=O)N(CCC#N)c2ccccc2)c(OC)c1. The highest BCUT2D eigenvalue weighted by Gasteiger charge is 2.31. The Kier molecular flexibility index (Phi) is 7.09. The number of methoxy groups -OCH3 is 2. The van der Waals surface area contributed by atoms with Crippen LogP contribution in [0.15, 0.2) is 48.5 Å². The summed E-state index contributed by atoms with van der Waals surface area (Å²) in [6, 6.07) is 17.6. The van der Waals surface area contributed by atoms with Crippen LogP contribution in [-0.2, 0) is 4.79 Å². The number of amides is 1. The molecular formula is C23H27N3O3. The van der Waals surface area contributed by atoms with E-state index in [1.807, 2.05) is 48.5 Å². The van der Waals surface area contributed by atoms with Crippen LogP contribution in [0, 0.1) is 11.3 Å². The van der Waals surface area contributed by atoms with E-state index in [4.69, 9.17) is 14.7 Å². The van der Waals surface area contributed by atoms with Crippen LogP contribution in [0.1, 0.15) is 30.9 Å². The monoisotopic (exact) mass is 393 g/mol. The van der Waals surface area contributed by atoms with Gasteiger partial charge in [0.1, 0.15) is 11.5 Å². The molecule has 0 aliphatic carbocycles. The summed E-state index contributed by atoms with van der Waals surface area (Å²) in [5.74, 6) is 1.53. The molecule has 2 aromatic rings. The van der Waals surface area contributed by atoms with Gasteiger partial charge in [0, 0.05) is 29.9 Å². The van der Waals surface area contributed by atoms with E-state index in [1.165, 1.54) is 0 Å². The normalized spacial score (nSPS) is 16.2. The number of nitriles is 1. The first-order valence-electron chi connectivity index (χ1n) is 9.86. The average molecular weight is 393 g/mol. The summed E-state index contributed by atoms with van der Waals surface area (Å²) in [6.07, 6.45) is 2.30. The Bertz CT molecular complexity index is 863. The molecular weight excluding hydrogens is 366 g/mol. The molecule has 1 heterocycles. The molecule has 0 spiro atoms. The van der Waals surface area contributed by atoms with Crippen molar-refractivity contribution in [1.29, 1.82) is 5.26 Å². The van der Waals surface area contributed by atoms with E-state index < -0.39 is 0 Å². The molecule has 1 aliphatic rings. The van der Waals surface area contributed by atoms with Crippen molar-refractivity contribution in [2.45, 2.75) is 25.3 Å². The van der Waals surface area contributed by atoms with Crippen molar-refractivity contribution in [1.82, 2.24) is 4.90 Å². The molecule has 152 valence electrons. The zero-order valence-electron chi connectivity index (χ0n) is 17.0. The van der Waals surface area contributed by atoms with Gasteiger partial charge in [0.2, 0.25) is 5.91 Å². The van der Waals surface area contributed by atoms with Crippen LogP contribution in [0.2, 0.25) is 0 Å². The lowest BCUT2D eigenvalue weighted by Crippen LogP contribution is -2.40. The summed E-state index contributed by atoms with van der Waals surface area (Å²) in [5.41, 5.74) is 1.90. The first-order chi connectivity index (χ1) is 14.2. The Hall–Kier alpha value is -3.04. The van der Waals surface area contributed by atoms with Gasteiger partial charge >= 0.3 is 0 Å². The van der Waals surface area contributed by atoms with Gasteiger partial charge in [-0.3, -0.25) is 9.69 Å². The van der Waals surface area contributed by atoms with Gasteiger partial charge in [0.05, 0.1) is 33.3 Å². The third-order valence-corrected chi connectivity index (χ3v) is 5.32. The quantitative estimate of drug-likeness (QED) is 0.683. The maximum Gasteiger partial charge on any atom is 0.241 e. The second-order valence-electron chi connectivity index (χ2n) is 7.03. The van der Waals surface area contributed by atoms with E-state index in [0.29, 0.717) is 19.5 Å². The van der Waals surface area contributed by atoms with Crippen molar-refractivity contribution >= 4 is 11.6 Å². The predicted molar refractivity (Wildman–Crippen MR) is 112 cm³/mol. The third kappa shape index (κ3) is 4.87. The van der Waals surface area contributed by atoms with Crippen LogP contribution in [0.4, 0.5) is 5.69 Å². The molecule has 0 N–H and O–H groups in total. The molecule has 0 saturated carbocycles. The number of hydrogen-bond donors (Lipinski definition) is 0. The average Bonchev–Trinajstić information content (AvgIpc) is 3.22. The maximum absolute atomic E-state index is 13.2. The second-order valence-corrected chi connectivity index (χ2v) is 7.03. The summed E-state index contributed by atoms with van der Waals surface area (Å²) in [7, 11) is 3.29. The van der Waals surface area contributed by atoms with Gasteiger partial charge in [-0.15, -0.1) is 0 Å². The smallest absolute Gasteiger partial charge is 0.241 e. The number of likely N-dealkylation sites (tertiary alicyclic amines) is 1. The minimum absolute atomic E-state index is 0.00540. The highest BCUT2D eigenvalue weighted by atomic mass is 16.5. The summed E-state index contributed by atoms with van der Waals surface area (Å²) in [4.78, 5) is 17.1. The zero-order chi connectivity index (χ0) is 20.6. The van der Waals surface area contributed by atoms with Crippen LogP contribution in [-0.4, -0.2) is 44.7 Å². The molecule has 0 unspecified atom stereocenters. The standard InChI is InChI=1S/C23H27N3O3/c1-28-19-11-12-20(22(16-19)29-2)21-10-6-14-25(21)17-23(27)26(15-7-13-24)18-8-4-3-5-9-18/h3-5,8-9,11-12,16,21H,6-7,10,14-15,17H2,1-2H3/t21-/m0/s1. The van der Waals surface area contributed by atoms with Crippen molar-refractivity contribution in [2.75, 3.05) is 38.8 Å². The van der Waals surface area contributed by atoms with E-state index in [2.05, 4.69) is 11.0 Å². The number of rotatable bonds is 8. The van der Waals surface area contributed by atoms with Gasteiger partial charge in [-0.05, 0) is 37.6 Å². The molecule has 3 rings (SSSR count). The van der Waals surface area contributed by atoms with Gasteiger partial charge in [0.25, 0.3) is 0 Å². The minimum Gasteiger partial charge on any atom is -0.497 e. The summed E-state index contributed by atoms with van der Waals surface area (Å²) >= 11 is 0. The molecule has 0 aromatic heterocycles. The lowest BCUT2D eigenvalue weighted by atomic mass is 10.0. The van der Waals surface area contributed by atoms with Crippen LogP contribution in [0.3, 0.4) is 0 Å². The topological polar surface area (TPSA) is 65.8 Å². The van der Waals surface area contributed by atoms with Crippen LogP contribution >= 0.6 is 0 Å². The predicted octanol–water partition coefficient (Wildman–Crippen LogP) is 3.79. The fourth-order valence-electron chi connectivity index (χ4n) is 3.89. The fourth-order valence-corrected chi connectivity index (χ4v) is 3.89. The number of hydrogen-bond acceptors (Lipinski definition) is 5. The van der Waals surface area contributed by atoms with E-state index in [9.17, 15) is 4.79 Å². The molecule has 1 aliphatic heterocycles. The van der Waals surface area contributed by atoms with Gasteiger partial charge in [-0.2, -0.15) is 5.26 Å². The van der Waals surface area contributed by atoms with Crippen molar-refractivity contribution in [3.8, 4) is 17.6 Å². The number of nitrogens with zero attached hydrogens (tertiary/aromatic N) is 3. The third-order valence-electron chi connectivity index (χ3n) is 5.32. The number of para-hydroxylation sites is 1. The summed E-state index contributed by atoms with van der Waals surface area (Å²) in [5, 5.41) is 9.00. The van der Waals surface area contributed by atoms with E-state index in [-0.39, 0.29) is 11.9 Å². The van der Waals surface area contributed by atoms with Crippen molar-refractivity contribution in [3.05, 3.63) is 54.1 Å². The molecule has 2 aromatic carbocycles. The Morgan fingerprint density at radius 3 is 2.69 bits per heavy atom. The first-order valence-corrected chi connectivity index (χ1v) is 9.86. The number of carbonyl (C=O) groups excluding carboxylic acids is 1. The molecule has 0 bridgehead atoms. The molecule has 6 heteroatoms. The van der Waals surface area contributed by atoms with Crippen LogP contribution in [0.5, 0.6) is 11.5 Å². The maximum atomic E-state index is 13.2. The van der Waals surface area contributed by atoms with Gasteiger partial charge in [0.15, 0.2) is 0 Å². The van der Waals surface area contributed by atoms with E-state index >= 15 is 0 Å². The molecule has 1 fully saturated rings. The highest BCUT2D eigenvalue weighted by Crippen LogP contribution is 2.38. The summed E-state index contributed by atoms with van der Waals surface area (Å²) < 4.78 is 10.9. The molecule has 29 heavy (non-hydrogen) atoms. The van der Waals surface area contributed by atoms with Crippen LogP contribution < -0.4 is 14.4 Å². The van der Waals surface area contributed by atoms with E-state index in [1.54, 1.807) is 19.1 Å². The number of anilines is 1. The number of carbonyl (C=O) groups is 1. The van der Waals surface area contributed by atoms with Crippen molar-refractivity contribution < 1.29 is 14.3 Å². The molecule has 1 atom stereocenters. The fraction of sp³-hybridized carbons (Fsp3) is 0.391. The second kappa shape index (κ2) is 9.94. The Morgan fingerprint density at radius 1 is 1.21 bits per heavy atom. The Labute approximate surface area is 172 Å². The number of ether oxygens (including phenoxy) is 2. The minimum atomic E-state index is 0.00540. The van der Waals surface area contributed by atoms with Crippen molar-refractivity contribution in [2.24, 2.45) is 0 Å². The summed E-state index contributed by atoms with van der Waals surface area (Å²) in [6.45, 7) is 1.55. The molecule has 1 saturated heterocycles. The number of benzene rings is 2. The molecule has 6 nitrogen and oxygen atoms in total. The van der Waals surface area contributed by atoms with E-state index in [0.717, 1.165) is 42.1 Å². The Balaban J connectivity index is 1.79. The van der Waals surface area contributed by atoms with Gasteiger partial charge in [-0.1, -0.05) is 24.3 Å². The first kappa shape index (κ1) is 20.7. The largest absolute Gasteiger partial charge is 0.497 e. The lowest BCUT2D eigenvalue weighted by molar-refractivity contribution is -0.120.